The molecule has 0 heterocycles. The van der Waals surface area contributed by atoms with E-state index in [0.717, 1.165) is 25.7 Å². The Morgan fingerprint density at radius 1 is 1.29 bits per heavy atom. The number of isocyanates is 1. The fraction of sp³-hybridized carbons (Fsp3) is 0.900. The molecule has 0 amide bonds. The molecule has 0 rings (SSSR count). The fourth-order valence-electron chi connectivity index (χ4n) is 1.12. The first-order valence-electron chi connectivity index (χ1n) is 5.17. The van der Waals surface area contributed by atoms with Crippen molar-refractivity contribution < 1.29 is 10.0 Å². The lowest BCUT2D eigenvalue weighted by atomic mass is 10.2. The van der Waals surface area contributed by atoms with E-state index in [4.69, 9.17) is 0 Å². The zero-order chi connectivity index (χ0) is 10.8. The summed E-state index contributed by atoms with van der Waals surface area (Å²) in [6.45, 7) is 5.21. The van der Waals surface area contributed by atoms with Crippen LogP contribution >= 0.6 is 0 Å². The summed E-state index contributed by atoms with van der Waals surface area (Å²) >= 11 is 0. The summed E-state index contributed by atoms with van der Waals surface area (Å²) < 4.78 is 0. The van der Waals surface area contributed by atoms with Gasteiger partial charge in [0.15, 0.2) is 0 Å². The number of aliphatic imine (C=N–C) groups is 1. The summed E-state index contributed by atoms with van der Waals surface area (Å²) in [5, 5.41) is 10.7. The molecule has 0 radical (unpaired) electrons. The van der Waals surface area contributed by atoms with Crippen LogP contribution in [-0.4, -0.2) is 35.5 Å². The molecule has 0 saturated heterocycles. The standard InChI is InChI=1S/C10H20N2O2/c1-10(2)12(14)8-6-4-3-5-7-11-9-13/h10,14H,3-8H2,1-2H3. The Labute approximate surface area is 85.6 Å². The largest absolute Gasteiger partial charge is 0.314 e. The Bertz CT molecular complexity index is 177. The number of rotatable bonds is 8. The van der Waals surface area contributed by atoms with Gasteiger partial charge in [-0.2, -0.15) is 5.06 Å². The van der Waals surface area contributed by atoms with E-state index in [1.54, 1.807) is 0 Å². The van der Waals surface area contributed by atoms with Crippen molar-refractivity contribution in [3.63, 3.8) is 0 Å². The molecule has 0 fully saturated rings. The molecule has 0 aliphatic rings. The van der Waals surface area contributed by atoms with E-state index in [2.05, 4.69) is 4.99 Å². The Hall–Kier alpha value is -0.700. The highest BCUT2D eigenvalue weighted by molar-refractivity contribution is 5.32. The van der Waals surface area contributed by atoms with Gasteiger partial charge in [0.05, 0.1) is 6.54 Å². The maximum atomic E-state index is 9.73. The first-order chi connectivity index (χ1) is 6.68. The van der Waals surface area contributed by atoms with E-state index >= 15 is 0 Å². The molecule has 0 aromatic heterocycles. The average molecular weight is 200 g/mol. The Morgan fingerprint density at radius 2 is 1.93 bits per heavy atom. The molecule has 0 aliphatic carbocycles. The lowest BCUT2D eigenvalue weighted by molar-refractivity contribution is -0.117. The highest BCUT2D eigenvalue weighted by Gasteiger charge is 2.03. The second kappa shape index (κ2) is 8.88. The number of hydrogen-bond acceptors (Lipinski definition) is 4. The third kappa shape index (κ3) is 7.92. The highest BCUT2D eigenvalue weighted by Crippen LogP contribution is 2.02. The molecule has 4 heteroatoms. The normalized spacial score (nSPS) is 10.6. The van der Waals surface area contributed by atoms with E-state index in [0.29, 0.717) is 13.1 Å². The topological polar surface area (TPSA) is 52.9 Å². The molecule has 0 atom stereocenters. The Morgan fingerprint density at radius 3 is 2.50 bits per heavy atom. The van der Waals surface area contributed by atoms with Crippen LogP contribution in [0.15, 0.2) is 4.99 Å². The zero-order valence-corrected chi connectivity index (χ0v) is 9.07. The van der Waals surface area contributed by atoms with E-state index in [1.807, 2.05) is 13.8 Å². The Kier molecular flexibility index (Phi) is 8.43. The molecule has 0 bridgehead atoms. The molecule has 0 unspecified atom stereocenters. The second-order valence-corrected chi connectivity index (χ2v) is 3.64. The lowest BCUT2D eigenvalue weighted by Crippen LogP contribution is -2.27. The maximum absolute atomic E-state index is 9.73. The van der Waals surface area contributed by atoms with Crippen molar-refractivity contribution in [3.8, 4) is 0 Å². The van der Waals surface area contributed by atoms with Crippen molar-refractivity contribution in [2.45, 2.75) is 45.6 Å². The molecule has 1 N–H and O–H groups in total. The number of nitrogens with zero attached hydrogens (tertiary/aromatic N) is 2. The van der Waals surface area contributed by atoms with Crippen LogP contribution in [0, 0.1) is 0 Å². The minimum absolute atomic E-state index is 0.190. The van der Waals surface area contributed by atoms with Gasteiger partial charge in [-0.25, -0.2) is 9.79 Å². The average Bonchev–Trinajstić information content (AvgIpc) is 2.16. The van der Waals surface area contributed by atoms with Gasteiger partial charge in [0.2, 0.25) is 6.08 Å². The highest BCUT2D eigenvalue weighted by atomic mass is 16.5. The van der Waals surface area contributed by atoms with Crippen molar-refractivity contribution in [1.82, 2.24) is 5.06 Å². The van der Waals surface area contributed by atoms with E-state index < -0.39 is 0 Å². The van der Waals surface area contributed by atoms with Gasteiger partial charge in [-0.1, -0.05) is 12.8 Å². The first kappa shape index (κ1) is 13.3. The third-order valence-corrected chi connectivity index (χ3v) is 2.07. The van der Waals surface area contributed by atoms with Crippen LogP contribution in [0.1, 0.15) is 39.5 Å². The molecule has 4 nitrogen and oxygen atoms in total. The summed E-state index contributed by atoms with van der Waals surface area (Å²) in [6.07, 6.45) is 5.56. The molecule has 14 heavy (non-hydrogen) atoms. The lowest BCUT2D eigenvalue weighted by Gasteiger charge is -2.18. The molecular formula is C10H20N2O2. The van der Waals surface area contributed by atoms with Crippen molar-refractivity contribution in [1.29, 1.82) is 0 Å². The van der Waals surface area contributed by atoms with Gasteiger partial charge in [0.25, 0.3) is 0 Å². The number of unbranched alkanes of at least 4 members (excludes halogenated alkanes) is 3. The van der Waals surface area contributed by atoms with Gasteiger partial charge in [0.1, 0.15) is 0 Å². The van der Waals surface area contributed by atoms with Gasteiger partial charge in [-0.3, -0.25) is 0 Å². The van der Waals surface area contributed by atoms with Gasteiger partial charge in [-0.05, 0) is 26.7 Å². The quantitative estimate of drug-likeness (QED) is 0.282. The molecule has 0 aromatic rings. The number of hydrogen-bond donors (Lipinski definition) is 1. The molecule has 0 aliphatic heterocycles. The molecular weight excluding hydrogens is 180 g/mol. The second-order valence-electron chi connectivity index (χ2n) is 3.64. The minimum atomic E-state index is 0.190. The Balaban J connectivity index is 3.17. The monoisotopic (exact) mass is 200 g/mol. The predicted molar refractivity (Wildman–Crippen MR) is 55.1 cm³/mol. The summed E-state index contributed by atoms with van der Waals surface area (Å²) in [5.74, 6) is 0. The van der Waals surface area contributed by atoms with E-state index in [1.165, 1.54) is 11.1 Å². The number of hydroxylamine groups is 2. The van der Waals surface area contributed by atoms with Crippen LogP contribution < -0.4 is 0 Å². The van der Waals surface area contributed by atoms with Crippen LogP contribution in [-0.2, 0) is 4.79 Å². The van der Waals surface area contributed by atoms with Gasteiger partial charge < -0.3 is 5.21 Å². The maximum Gasteiger partial charge on any atom is 0.234 e. The van der Waals surface area contributed by atoms with Crippen LogP contribution in [0.2, 0.25) is 0 Å². The molecule has 0 spiro atoms. The first-order valence-corrected chi connectivity index (χ1v) is 5.17. The predicted octanol–water partition coefficient (Wildman–Crippen LogP) is 1.98. The van der Waals surface area contributed by atoms with Crippen molar-refractivity contribution in [2.24, 2.45) is 4.99 Å². The van der Waals surface area contributed by atoms with Crippen LogP contribution in [0.25, 0.3) is 0 Å². The molecule has 0 saturated carbocycles. The molecule has 82 valence electrons. The van der Waals surface area contributed by atoms with Crippen molar-refractivity contribution in [2.75, 3.05) is 13.1 Å². The number of carbonyl (C=O) groups excluding carboxylic acids is 1. The van der Waals surface area contributed by atoms with Crippen LogP contribution in [0.3, 0.4) is 0 Å². The summed E-state index contributed by atoms with van der Waals surface area (Å²) in [5.41, 5.74) is 0. The molecule has 0 aromatic carbocycles. The third-order valence-electron chi connectivity index (χ3n) is 2.07. The van der Waals surface area contributed by atoms with Crippen LogP contribution in [0.5, 0.6) is 0 Å². The van der Waals surface area contributed by atoms with Crippen molar-refractivity contribution in [3.05, 3.63) is 0 Å². The van der Waals surface area contributed by atoms with Gasteiger partial charge in [-0.15, -0.1) is 0 Å². The fourth-order valence-corrected chi connectivity index (χ4v) is 1.12. The summed E-state index contributed by atoms with van der Waals surface area (Å²) in [6, 6.07) is 0.190. The zero-order valence-electron chi connectivity index (χ0n) is 9.07. The van der Waals surface area contributed by atoms with E-state index in [9.17, 15) is 10.0 Å². The summed E-state index contributed by atoms with van der Waals surface area (Å²) in [4.78, 5) is 13.2. The van der Waals surface area contributed by atoms with Crippen molar-refractivity contribution >= 4 is 6.08 Å². The minimum Gasteiger partial charge on any atom is -0.314 e. The van der Waals surface area contributed by atoms with E-state index in [-0.39, 0.29) is 6.04 Å². The van der Waals surface area contributed by atoms with Gasteiger partial charge in [0, 0.05) is 12.6 Å². The van der Waals surface area contributed by atoms with Crippen LogP contribution in [0.4, 0.5) is 0 Å². The van der Waals surface area contributed by atoms with Gasteiger partial charge >= 0.3 is 0 Å². The summed E-state index contributed by atoms with van der Waals surface area (Å²) in [7, 11) is 0. The smallest absolute Gasteiger partial charge is 0.234 e. The SMILES string of the molecule is CC(C)N(O)CCCCCCN=C=O.